The standard InChI is InChI=1S/C27H29N3O/c1-2-10-24-25(31)27(30-26(24)28,21-13-7-4-8-14-21)22-15-9-16-23(19-22)29-18-17-20-11-5-3-6-12-20/h3-9,11-16,19,24,29H,2,10,17-18H2,1H3,(H2,28,30). The molecule has 3 N–H and O–H groups in total. The molecule has 0 fully saturated rings. The number of nitrogens with one attached hydrogen (secondary N) is 1. The van der Waals surface area contributed by atoms with Gasteiger partial charge in [0.2, 0.25) is 0 Å². The second kappa shape index (κ2) is 9.17. The van der Waals surface area contributed by atoms with E-state index in [1.807, 2.05) is 60.7 Å². The first-order chi connectivity index (χ1) is 15.1. The summed E-state index contributed by atoms with van der Waals surface area (Å²) in [6.07, 6.45) is 2.54. The molecule has 31 heavy (non-hydrogen) atoms. The first kappa shape index (κ1) is 20.9. The van der Waals surface area contributed by atoms with Gasteiger partial charge in [-0.3, -0.25) is 4.79 Å². The summed E-state index contributed by atoms with van der Waals surface area (Å²) >= 11 is 0. The lowest BCUT2D eigenvalue weighted by atomic mass is 9.77. The Bertz CT molecular complexity index is 1060. The van der Waals surface area contributed by atoms with Crippen molar-refractivity contribution in [2.75, 3.05) is 11.9 Å². The quantitative estimate of drug-likeness (QED) is 0.552. The highest BCUT2D eigenvalue weighted by Gasteiger charge is 2.50. The third-order valence-corrected chi connectivity index (χ3v) is 5.96. The Balaban J connectivity index is 1.66. The number of anilines is 1. The lowest BCUT2D eigenvalue weighted by Gasteiger charge is -2.27. The fourth-order valence-electron chi connectivity index (χ4n) is 4.39. The zero-order valence-electron chi connectivity index (χ0n) is 17.9. The van der Waals surface area contributed by atoms with Gasteiger partial charge < -0.3 is 11.1 Å². The van der Waals surface area contributed by atoms with Crippen molar-refractivity contribution in [3.05, 3.63) is 102 Å². The van der Waals surface area contributed by atoms with Crippen molar-refractivity contribution < 1.29 is 4.79 Å². The molecule has 0 spiro atoms. The van der Waals surface area contributed by atoms with Gasteiger partial charge in [-0.1, -0.05) is 86.1 Å². The normalized spacial score (nSPS) is 20.5. The van der Waals surface area contributed by atoms with E-state index in [1.165, 1.54) is 5.56 Å². The van der Waals surface area contributed by atoms with Crippen LogP contribution in [0.4, 0.5) is 5.69 Å². The van der Waals surface area contributed by atoms with Crippen LogP contribution in [0.2, 0.25) is 0 Å². The van der Waals surface area contributed by atoms with Gasteiger partial charge in [0.25, 0.3) is 0 Å². The smallest absolute Gasteiger partial charge is 0.180 e. The Hall–Kier alpha value is -3.40. The summed E-state index contributed by atoms with van der Waals surface area (Å²) in [4.78, 5) is 18.6. The molecule has 1 heterocycles. The molecule has 4 heteroatoms. The highest BCUT2D eigenvalue weighted by Crippen LogP contribution is 2.43. The molecule has 158 valence electrons. The average molecular weight is 412 g/mol. The summed E-state index contributed by atoms with van der Waals surface area (Å²) in [7, 11) is 0. The van der Waals surface area contributed by atoms with Crippen LogP contribution in [-0.2, 0) is 16.8 Å². The molecular formula is C27H29N3O. The van der Waals surface area contributed by atoms with Crippen LogP contribution < -0.4 is 11.1 Å². The predicted octanol–water partition coefficient (Wildman–Crippen LogP) is 4.94. The first-order valence-corrected chi connectivity index (χ1v) is 11.0. The summed E-state index contributed by atoms with van der Waals surface area (Å²) in [5, 5.41) is 3.50. The maximum atomic E-state index is 13.7. The molecule has 3 aromatic carbocycles. The Morgan fingerprint density at radius 1 is 0.935 bits per heavy atom. The third-order valence-electron chi connectivity index (χ3n) is 5.96. The maximum Gasteiger partial charge on any atom is 0.180 e. The summed E-state index contributed by atoms with van der Waals surface area (Å²) in [6.45, 7) is 2.88. The number of carbonyl (C=O) groups is 1. The molecule has 0 radical (unpaired) electrons. The minimum absolute atomic E-state index is 0.0690. The van der Waals surface area contributed by atoms with E-state index in [0.717, 1.165) is 42.6 Å². The monoisotopic (exact) mass is 411 g/mol. The minimum atomic E-state index is -1.08. The lowest BCUT2D eigenvalue weighted by molar-refractivity contribution is -0.124. The van der Waals surface area contributed by atoms with Gasteiger partial charge in [-0.2, -0.15) is 0 Å². The third kappa shape index (κ3) is 4.11. The minimum Gasteiger partial charge on any atom is -0.387 e. The molecule has 0 saturated carbocycles. The predicted molar refractivity (Wildman–Crippen MR) is 127 cm³/mol. The largest absolute Gasteiger partial charge is 0.387 e. The number of nitrogens with zero attached hydrogens (tertiary/aromatic N) is 1. The zero-order chi connectivity index (χ0) is 21.7. The van der Waals surface area contributed by atoms with Crippen LogP contribution in [-0.4, -0.2) is 18.2 Å². The van der Waals surface area contributed by atoms with Crippen molar-refractivity contribution in [1.82, 2.24) is 0 Å². The molecule has 1 aliphatic heterocycles. The first-order valence-electron chi connectivity index (χ1n) is 11.0. The molecule has 2 atom stereocenters. The fraction of sp³-hybridized carbons (Fsp3) is 0.259. The summed E-state index contributed by atoms with van der Waals surface area (Å²) in [5.41, 5.74) is 9.21. The molecule has 0 aromatic heterocycles. The maximum absolute atomic E-state index is 13.7. The fourth-order valence-corrected chi connectivity index (χ4v) is 4.39. The van der Waals surface area contributed by atoms with E-state index in [1.54, 1.807) is 0 Å². The number of amidine groups is 1. The van der Waals surface area contributed by atoms with E-state index >= 15 is 0 Å². The SMILES string of the molecule is CCCC1C(=O)C(c2ccccc2)(c2cccc(NCCc3ccccc3)c2)N=C1N. The summed E-state index contributed by atoms with van der Waals surface area (Å²) < 4.78 is 0. The topological polar surface area (TPSA) is 67.5 Å². The molecule has 0 amide bonds. The van der Waals surface area contributed by atoms with Crippen molar-refractivity contribution >= 4 is 17.3 Å². The molecule has 0 aliphatic carbocycles. The number of ketones is 1. The average Bonchev–Trinajstić information content (AvgIpc) is 3.07. The molecular weight excluding hydrogens is 382 g/mol. The van der Waals surface area contributed by atoms with Crippen LogP contribution in [0, 0.1) is 5.92 Å². The number of rotatable bonds is 8. The highest BCUT2D eigenvalue weighted by molar-refractivity contribution is 6.14. The van der Waals surface area contributed by atoms with E-state index in [9.17, 15) is 4.79 Å². The van der Waals surface area contributed by atoms with Gasteiger partial charge in [-0.15, -0.1) is 0 Å². The van der Waals surface area contributed by atoms with E-state index in [0.29, 0.717) is 5.84 Å². The van der Waals surface area contributed by atoms with Gasteiger partial charge in [0.15, 0.2) is 11.3 Å². The van der Waals surface area contributed by atoms with Crippen LogP contribution in [0.1, 0.15) is 36.5 Å². The molecule has 0 bridgehead atoms. The van der Waals surface area contributed by atoms with E-state index < -0.39 is 5.54 Å². The Morgan fingerprint density at radius 3 is 2.32 bits per heavy atom. The van der Waals surface area contributed by atoms with Crippen LogP contribution in [0.15, 0.2) is 89.9 Å². The number of Topliss-reactive ketones (excluding diaryl/α,β-unsaturated/α-hetero) is 1. The molecule has 0 saturated heterocycles. The Labute approximate surface area is 184 Å². The molecule has 4 rings (SSSR count). The Kier molecular flexibility index (Phi) is 6.17. The summed E-state index contributed by atoms with van der Waals surface area (Å²) in [6, 6.07) is 28.2. The van der Waals surface area contributed by atoms with Crippen molar-refractivity contribution in [2.24, 2.45) is 16.6 Å². The second-order valence-electron chi connectivity index (χ2n) is 8.06. The Morgan fingerprint density at radius 2 is 1.61 bits per heavy atom. The van der Waals surface area contributed by atoms with Crippen LogP contribution in [0.3, 0.4) is 0 Å². The van der Waals surface area contributed by atoms with Gasteiger partial charge in [-0.05, 0) is 41.7 Å². The van der Waals surface area contributed by atoms with E-state index in [2.05, 4.69) is 36.5 Å². The molecule has 4 nitrogen and oxygen atoms in total. The number of hydrogen-bond donors (Lipinski definition) is 2. The lowest BCUT2D eigenvalue weighted by Crippen LogP contribution is -2.36. The number of aliphatic imine (C=N–C) groups is 1. The molecule has 1 aliphatic rings. The molecule has 2 unspecified atom stereocenters. The molecule has 3 aromatic rings. The zero-order valence-corrected chi connectivity index (χ0v) is 17.9. The van der Waals surface area contributed by atoms with Gasteiger partial charge in [-0.25, -0.2) is 4.99 Å². The van der Waals surface area contributed by atoms with Crippen molar-refractivity contribution in [3.63, 3.8) is 0 Å². The second-order valence-corrected chi connectivity index (χ2v) is 8.06. The van der Waals surface area contributed by atoms with Gasteiger partial charge in [0.1, 0.15) is 5.84 Å². The van der Waals surface area contributed by atoms with Crippen LogP contribution >= 0.6 is 0 Å². The number of carbonyl (C=O) groups excluding carboxylic acids is 1. The van der Waals surface area contributed by atoms with Gasteiger partial charge >= 0.3 is 0 Å². The van der Waals surface area contributed by atoms with E-state index in [4.69, 9.17) is 10.7 Å². The number of benzene rings is 3. The van der Waals surface area contributed by atoms with Gasteiger partial charge in [0, 0.05) is 12.2 Å². The number of nitrogens with two attached hydrogens (primary N) is 1. The highest BCUT2D eigenvalue weighted by atomic mass is 16.1. The summed E-state index contributed by atoms with van der Waals surface area (Å²) in [5.74, 6) is 0.178. The van der Waals surface area contributed by atoms with Crippen LogP contribution in [0.5, 0.6) is 0 Å². The van der Waals surface area contributed by atoms with Crippen molar-refractivity contribution in [1.29, 1.82) is 0 Å². The van der Waals surface area contributed by atoms with Crippen molar-refractivity contribution in [2.45, 2.75) is 31.7 Å². The van der Waals surface area contributed by atoms with E-state index in [-0.39, 0.29) is 11.7 Å². The van der Waals surface area contributed by atoms with Gasteiger partial charge in [0.05, 0.1) is 5.92 Å². The number of hydrogen-bond acceptors (Lipinski definition) is 4. The van der Waals surface area contributed by atoms with Crippen LogP contribution in [0.25, 0.3) is 0 Å². The van der Waals surface area contributed by atoms with Crippen molar-refractivity contribution in [3.8, 4) is 0 Å².